The average molecular weight is 313 g/mol. The van der Waals surface area contributed by atoms with Crippen LogP contribution in [0, 0.1) is 24.4 Å². The predicted molar refractivity (Wildman–Crippen MR) is 74.4 cm³/mol. The molecule has 118 valence electrons. The number of nitrogens with zero attached hydrogens (tertiary/aromatic N) is 1. The molecule has 7 heteroatoms. The fraction of sp³-hybridized carbons (Fsp3) is 0.333. The lowest BCUT2D eigenvalue weighted by Gasteiger charge is -2.14. The number of fused-ring (bicyclic) bond motifs is 1. The number of esters is 1. The Morgan fingerprint density at radius 3 is 2.36 bits per heavy atom. The molecule has 0 spiro atoms. The van der Waals surface area contributed by atoms with E-state index in [1.807, 2.05) is 0 Å². The van der Waals surface area contributed by atoms with Gasteiger partial charge in [-0.25, -0.2) is 18.0 Å². The van der Waals surface area contributed by atoms with E-state index in [9.17, 15) is 22.8 Å². The molecule has 0 fully saturated rings. The first-order chi connectivity index (χ1) is 10.3. The maximum absolute atomic E-state index is 14.1. The van der Waals surface area contributed by atoms with E-state index in [1.54, 1.807) is 13.8 Å². The van der Waals surface area contributed by atoms with Crippen LogP contribution in [0.1, 0.15) is 29.8 Å². The van der Waals surface area contributed by atoms with Crippen molar-refractivity contribution < 1.29 is 22.7 Å². The van der Waals surface area contributed by atoms with Crippen LogP contribution < -0.4 is 5.43 Å². The van der Waals surface area contributed by atoms with Crippen LogP contribution in [-0.4, -0.2) is 17.1 Å². The molecule has 0 unspecified atom stereocenters. The highest BCUT2D eigenvalue weighted by molar-refractivity contribution is 5.95. The van der Waals surface area contributed by atoms with Crippen molar-refractivity contribution in [3.05, 3.63) is 45.0 Å². The Balaban J connectivity index is 3.01. The number of ether oxygens (including phenoxy) is 1. The van der Waals surface area contributed by atoms with E-state index in [0.29, 0.717) is 0 Å². The largest absolute Gasteiger partial charge is 0.462 e. The zero-order valence-electron chi connectivity index (χ0n) is 12.3. The summed E-state index contributed by atoms with van der Waals surface area (Å²) in [5.41, 5.74) is -1.93. The number of carbonyl (C=O) groups excluding carboxylic acids is 1. The van der Waals surface area contributed by atoms with E-state index < -0.39 is 28.8 Å². The third-order valence-electron chi connectivity index (χ3n) is 3.41. The fourth-order valence-corrected chi connectivity index (χ4v) is 2.33. The number of rotatable bonds is 3. The van der Waals surface area contributed by atoms with Crippen molar-refractivity contribution in [2.24, 2.45) is 0 Å². The topological polar surface area (TPSA) is 48.3 Å². The van der Waals surface area contributed by atoms with Crippen LogP contribution in [0.25, 0.3) is 10.9 Å². The van der Waals surface area contributed by atoms with E-state index in [2.05, 4.69) is 0 Å². The van der Waals surface area contributed by atoms with E-state index in [4.69, 9.17) is 4.74 Å². The van der Waals surface area contributed by atoms with Crippen LogP contribution in [0.2, 0.25) is 0 Å². The van der Waals surface area contributed by atoms with Crippen LogP contribution >= 0.6 is 0 Å². The van der Waals surface area contributed by atoms with Gasteiger partial charge in [-0.1, -0.05) is 0 Å². The highest BCUT2D eigenvalue weighted by atomic mass is 19.2. The maximum atomic E-state index is 14.1. The molecule has 0 amide bonds. The maximum Gasteiger partial charge on any atom is 0.343 e. The molecule has 22 heavy (non-hydrogen) atoms. The number of aryl methyl sites for hydroxylation is 2. The quantitative estimate of drug-likeness (QED) is 0.646. The third kappa shape index (κ3) is 2.26. The van der Waals surface area contributed by atoms with Crippen molar-refractivity contribution >= 4 is 16.9 Å². The Labute approximate surface area is 124 Å². The highest BCUT2D eigenvalue weighted by Crippen LogP contribution is 2.26. The smallest absolute Gasteiger partial charge is 0.343 e. The lowest BCUT2D eigenvalue weighted by atomic mass is 10.0. The zero-order chi connectivity index (χ0) is 16.6. The van der Waals surface area contributed by atoms with Crippen LogP contribution in [-0.2, 0) is 11.3 Å². The normalized spacial score (nSPS) is 11.0. The Bertz CT molecular complexity index is 827. The van der Waals surface area contributed by atoms with Crippen molar-refractivity contribution in [1.82, 2.24) is 4.57 Å². The molecule has 0 atom stereocenters. The van der Waals surface area contributed by atoms with Gasteiger partial charge < -0.3 is 9.30 Å². The number of benzene rings is 1. The Morgan fingerprint density at radius 2 is 1.82 bits per heavy atom. The molecule has 0 bridgehead atoms. The van der Waals surface area contributed by atoms with Crippen LogP contribution in [0.3, 0.4) is 0 Å². The molecule has 2 aromatic rings. The summed E-state index contributed by atoms with van der Waals surface area (Å²) in [5, 5.41) is -0.358. The van der Waals surface area contributed by atoms with Gasteiger partial charge in [0.1, 0.15) is 5.56 Å². The van der Waals surface area contributed by atoms with Gasteiger partial charge in [0.2, 0.25) is 5.43 Å². The van der Waals surface area contributed by atoms with Gasteiger partial charge in [-0.15, -0.1) is 0 Å². The van der Waals surface area contributed by atoms with Gasteiger partial charge in [0.25, 0.3) is 0 Å². The van der Waals surface area contributed by atoms with Crippen LogP contribution in [0.15, 0.2) is 11.0 Å². The molecule has 0 radical (unpaired) electrons. The minimum absolute atomic E-state index is 0.0492. The molecule has 0 aliphatic heterocycles. The van der Waals surface area contributed by atoms with Gasteiger partial charge in [-0.05, 0) is 20.8 Å². The fourth-order valence-electron chi connectivity index (χ4n) is 2.33. The van der Waals surface area contributed by atoms with E-state index in [-0.39, 0.29) is 35.2 Å². The molecular weight excluding hydrogens is 299 g/mol. The summed E-state index contributed by atoms with van der Waals surface area (Å²) in [4.78, 5) is 24.2. The van der Waals surface area contributed by atoms with E-state index >= 15 is 0 Å². The van der Waals surface area contributed by atoms with Crippen molar-refractivity contribution in [2.45, 2.75) is 27.3 Å². The SMILES string of the molecule is CCOC(=O)c1cn(CC)c2c(F)c(F)c(F)c(C)c2c1=O. The first-order valence-electron chi connectivity index (χ1n) is 6.72. The summed E-state index contributed by atoms with van der Waals surface area (Å²) in [6, 6.07) is 0. The predicted octanol–water partition coefficient (Wildman–Crippen LogP) is 2.92. The molecule has 0 N–H and O–H groups in total. The molecule has 2 rings (SSSR count). The first kappa shape index (κ1) is 16.1. The van der Waals surface area contributed by atoms with Crippen molar-refractivity contribution in [2.75, 3.05) is 6.61 Å². The molecule has 0 saturated carbocycles. The Kier molecular flexibility index (Phi) is 4.25. The molecule has 0 aliphatic carbocycles. The van der Waals surface area contributed by atoms with Crippen molar-refractivity contribution in [3.8, 4) is 0 Å². The lowest BCUT2D eigenvalue weighted by Crippen LogP contribution is -2.23. The number of pyridine rings is 1. The average Bonchev–Trinajstić information content (AvgIpc) is 2.50. The van der Waals surface area contributed by atoms with Gasteiger partial charge in [-0.3, -0.25) is 4.79 Å². The monoisotopic (exact) mass is 313 g/mol. The van der Waals surface area contributed by atoms with Gasteiger partial charge >= 0.3 is 5.97 Å². The number of carbonyl (C=O) groups is 1. The highest BCUT2D eigenvalue weighted by Gasteiger charge is 2.25. The number of hydrogen-bond acceptors (Lipinski definition) is 3. The molecule has 1 heterocycles. The molecule has 0 saturated heterocycles. The summed E-state index contributed by atoms with van der Waals surface area (Å²) < 4.78 is 47.3. The van der Waals surface area contributed by atoms with Crippen molar-refractivity contribution in [3.63, 3.8) is 0 Å². The second kappa shape index (κ2) is 5.82. The lowest BCUT2D eigenvalue weighted by molar-refractivity contribution is 0.0524. The molecule has 1 aromatic carbocycles. The summed E-state index contributed by atoms with van der Waals surface area (Å²) in [6.45, 7) is 4.56. The van der Waals surface area contributed by atoms with Crippen molar-refractivity contribution in [1.29, 1.82) is 0 Å². The second-order valence-electron chi connectivity index (χ2n) is 4.67. The molecule has 4 nitrogen and oxygen atoms in total. The molecule has 0 aliphatic rings. The number of halogens is 3. The summed E-state index contributed by atoms with van der Waals surface area (Å²) in [6.07, 6.45) is 1.10. The zero-order valence-corrected chi connectivity index (χ0v) is 12.3. The number of aromatic nitrogens is 1. The third-order valence-corrected chi connectivity index (χ3v) is 3.41. The first-order valence-corrected chi connectivity index (χ1v) is 6.72. The minimum Gasteiger partial charge on any atom is -0.462 e. The van der Waals surface area contributed by atoms with Gasteiger partial charge in [-0.2, -0.15) is 0 Å². The van der Waals surface area contributed by atoms with Crippen LogP contribution in [0.5, 0.6) is 0 Å². The van der Waals surface area contributed by atoms with Gasteiger partial charge in [0.05, 0.1) is 17.5 Å². The summed E-state index contributed by atoms with van der Waals surface area (Å²) >= 11 is 0. The molecular formula is C15H14F3NO3. The Morgan fingerprint density at radius 1 is 1.18 bits per heavy atom. The standard InChI is InChI=1S/C15H14F3NO3/c1-4-19-6-8(15(21)22-5-2)14(20)9-7(3)10(16)11(17)12(18)13(9)19/h6H,4-5H2,1-3H3. The van der Waals surface area contributed by atoms with Crippen LogP contribution in [0.4, 0.5) is 13.2 Å². The summed E-state index contributed by atoms with van der Waals surface area (Å²) in [7, 11) is 0. The van der Waals surface area contributed by atoms with E-state index in [0.717, 1.165) is 13.1 Å². The molecule has 1 aromatic heterocycles. The second-order valence-corrected chi connectivity index (χ2v) is 4.67. The van der Waals surface area contributed by atoms with Gasteiger partial charge in [0, 0.05) is 18.3 Å². The minimum atomic E-state index is -1.64. The van der Waals surface area contributed by atoms with Gasteiger partial charge in [0.15, 0.2) is 17.5 Å². The summed E-state index contributed by atoms with van der Waals surface area (Å²) in [5.74, 6) is -5.42. The Hall–Kier alpha value is -2.31. The number of hydrogen-bond donors (Lipinski definition) is 0. The van der Waals surface area contributed by atoms with E-state index in [1.165, 1.54) is 4.57 Å².